The molecule has 0 aromatic heterocycles. The zero-order valence-corrected chi connectivity index (χ0v) is 21.1. The first kappa shape index (κ1) is 27.8. The number of thioether (sulfide) groups is 1. The number of para-hydroxylation sites is 1. The van der Waals surface area contributed by atoms with E-state index in [0.29, 0.717) is 27.7 Å². The Hall–Kier alpha value is -4.26. The fourth-order valence-corrected chi connectivity index (χ4v) is 4.55. The lowest BCUT2D eigenvalue weighted by atomic mass is 10.1. The molecule has 1 atom stereocenters. The first-order valence-electron chi connectivity index (χ1n) is 11.4. The van der Waals surface area contributed by atoms with E-state index in [-0.39, 0.29) is 23.3 Å². The van der Waals surface area contributed by atoms with Gasteiger partial charge in [-0.25, -0.2) is 18.8 Å². The number of rotatable bonds is 7. The number of ether oxygens (including phenoxy) is 1. The molecular formula is C26H21F5N6OS. The molecule has 1 fully saturated rings. The SMILES string of the molecule is CC1CS/C(=N/N=C\c2ccc(C(N)=NC=Nc3ccc(OC(F)(F)F)cc3)cc2)N1c1c(F)cccc1F. The summed E-state index contributed by atoms with van der Waals surface area (Å²) in [5, 5.41) is 8.64. The Balaban J connectivity index is 1.39. The number of benzene rings is 3. The van der Waals surface area contributed by atoms with Gasteiger partial charge in [0.05, 0.1) is 11.9 Å². The first-order chi connectivity index (χ1) is 18.6. The minimum Gasteiger partial charge on any atom is -0.406 e. The van der Waals surface area contributed by atoms with Crippen LogP contribution in [0.1, 0.15) is 18.1 Å². The number of nitrogens with two attached hydrogens (primary N) is 1. The van der Waals surface area contributed by atoms with E-state index in [2.05, 4.69) is 24.9 Å². The van der Waals surface area contributed by atoms with Crippen molar-refractivity contribution in [2.75, 3.05) is 10.7 Å². The second-order valence-electron chi connectivity index (χ2n) is 8.15. The first-order valence-corrected chi connectivity index (χ1v) is 12.4. The van der Waals surface area contributed by atoms with Crippen molar-refractivity contribution in [3.8, 4) is 5.75 Å². The monoisotopic (exact) mass is 560 g/mol. The van der Waals surface area contributed by atoms with Gasteiger partial charge >= 0.3 is 6.36 Å². The Labute approximate surface area is 224 Å². The van der Waals surface area contributed by atoms with Crippen LogP contribution in [0, 0.1) is 11.6 Å². The van der Waals surface area contributed by atoms with Gasteiger partial charge in [-0.15, -0.1) is 18.3 Å². The molecule has 0 amide bonds. The summed E-state index contributed by atoms with van der Waals surface area (Å²) in [4.78, 5) is 9.57. The van der Waals surface area contributed by atoms with Crippen LogP contribution in [0.25, 0.3) is 0 Å². The van der Waals surface area contributed by atoms with Gasteiger partial charge in [-0.3, -0.25) is 0 Å². The number of hydrogen-bond donors (Lipinski definition) is 1. The number of amidine groups is 2. The molecule has 7 nitrogen and oxygen atoms in total. The highest BCUT2D eigenvalue weighted by Gasteiger charge is 2.32. The summed E-state index contributed by atoms with van der Waals surface area (Å²) in [6, 6.07) is 15.4. The van der Waals surface area contributed by atoms with Gasteiger partial charge in [0.15, 0.2) is 5.17 Å². The van der Waals surface area contributed by atoms with E-state index in [1.807, 2.05) is 6.92 Å². The summed E-state index contributed by atoms with van der Waals surface area (Å²) in [5.74, 6) is -0.925. The molecule has 3 aromatic carbocycles. The highest BCUT2D eigenvalue weighted by atomic mass is 32.2. The molecule has 3 aromatic rings. The van der Waals surface area contributed by atoms with Crippen molar-refractivity contribution >= 4 is 46.7 Å². The number of alkyl halides is 3. The smallest absolute Gasteiger partial charge is 0.406 e. The molecule has 1 heterocycles. The zero-order chi connectivity index (χ0) is 28.0. The van der Waals surface area contributed by atoms with Crippen LogP contribution in [0.3, 0.4) is 0 Å². The molecule has 0 aliphatic carbocycles. The molecule has 13 heteroatoms. The fraction of sp³-hybridized carbons (Fsp3) is 0.154. The molecule has 1 aliphatic heterocycles. The standard InChI is InChI=1S/C26H21F5N6OS/c1-16-14-39-25(37(16)23-21(27)3-2-4-22(23)28)36-35-13-17-5-7-18(8-6-17)24(32)34-15-33-19-9-11-20(12-10-19)38-26(29,30)31/h2-13,15-16H,14H2,1H3,(H2,32,33,34)/b35-13-,36-25+. The summed E-state index contributed by atoms with van der Waals surface area (Å²) in [6.07, 6.45) is -2.08. The van der Waals surface area contributed by atoms with Crippen LogP contribution in [0.15, 0.2) is 86.9 Å². The van der Waals surface area contributed by atoms with Crippen molar-refractivity contribution < 1.29 is 26.7 Å². The molecule has 0 spiro atoms. The van der Waals surface area contributed by atoms with E-state index in [4.69, 9.17) is 5.73 Å². The fourth-order valence-electron chi connectivity index (χ4n) is 3.49. The Bertz CT molecular complexity index is 1400. The third-order valence-electron chi connectivity index (χ3n) is 5.31. The van der Waals surface area contributed by atoms with Gasteiger partial charge in [0, 0.05) is 17.4 Å². The lowest BCUT2D eigenvalue weighted by Crippen LogP contribution is -2.33. The minimum absolute atomic E-state index is 0.154. The average molecular weight is 561 g/mol. The molecule has 4 rings (SSSR count). The van der Waals surface area contributed by atoms with Crippen molar-refractivity contribution in [2.45, 2.75) is 19.3 Å². The van der Waals surface area contributed by atoms with E-state index in [0.717, 1.165) is 12.1 Å². The van der Waals surface area contributed by atoms with Crippen molar-refractivity contribution in [3.63, 3.8) is 0 Å². The van der Waals surface area contributed by atoms with Crippen LogP contribution in [0.5, 0.6) is 5.75 Å². The zero-order valence-electron chi connectivity index (χ0n) is 20.3. The highest BCUT2D eigenvalue weighted by molar-refractivity contribution is 8.14. The maximum atomic E-state index is 14.3. The number of halogens is 5. The molecule has 1 unspecified atom stereocenters. The van der Waals surface area contributed by atoms with Gasteiger partial charge in [-0.05, 0) is 48.9 Å². The van der Waals surface area contributed by atoms with Crippen molar-refractivity contribution in [3.05, 3.63) is 89.5 Å². The Morgan fingerprint density at radius 2 is 1.69 bits per heavy atom. The van der Waals surface area contributed by atoms with Crippen LogP contribution in [0.2, 0.25) is 0 Å². The molecule has 2 N–H and O–H groups in total. The second-order valence-corrected chi connectivity index (χ2v) is 9.14. The molecule has 0 saturated carbocycles. The largest absolute Gasteiger partial charge is 0.573 e. The number of anilines is 1. The predicted molar refractivity (Wildman–Crippen MR) is 144 cm³/mol. The molecule has 0 bridgehead atoms. The third-order valence-corrected chi connectivity index (χ3v) is 6.50. The normalized spacial score (nSPS) is 17.6. The van der Waals surface area contributed by atoms with Gasteiger partial charge in [0.2, 0.25) is 0 Å². The maximum absolute atomic E-state index is 14.3. The lowest BCUT2D eigenvalue weighted by molar-refractivity contribution is -0.274. The van der Waals surface area contributed by atoms with E-state index in [1.54, 1.807) is 24.3 Å². The molecule has 1 aliphatic rings. The van der Waals surface area contributed by atoms with E-state index in [9.17, 15) is 22.0 Å². The summed E-state index contributed by atoms with van der Waals surface area (Å²) in [6.45, 7) is 1.85. The van der Waals surface area contributed by atoms with E-state index < -0.39 is 18.0 Å². The van der Waals surface area contributed by atoms with Crippen LogP contribution in [-0.2, 0) is 0 Å². The topological polar surface area (TPSA) is 87.9 Å². The molecule has 202 valence electrons. The Kier molecular flexibility index (Phi) is 8.59. The summed E-state index contributed by atoms with van der Waals surface area (Å²) in [7, 11) is 0. The number of nitrogens with zero attached hydrogens (tertiary/aromatic N) is 5. The maximum Gasteiger partial charge on any atom is 0.573 e. The Morgan fingerprint density at radius 3 is 2.33 bits per heavy atom. The van der Waals surface area contributed by atoms with Crippen LogP contribution in [-0.4, -0.2) is 41.7 Å². The highest BCUT2D eigenvalue weighted by Crippen LogP contribution is 2.34. The van der Waals surface area contributed by atoms with Crippen LogP contribution < -0.4 is 15.4 Å². The van der Waals surface area contributed by atoms with Gasteiger partial charge in [-0.2, -0.15) is 5.10 Å². The summed E-state index contributed by atoms with van der Waals surface area (Å²) < 4.78 is 69.1. The minimum atomic E-state index is -4.77. The molecular weight excluding hydrogens is 539 g/mol. The van der Waals surface area contributed by atoms with Crippen LogP contribution >= 0.6 is 11.8 Å². The Morgan fingerprint density at radius 1 is 1.03 bits per heavy atom. The van der Waals surface area contributed by atoms with Crippen molar-refractivity contribution in [1.29, 1.82) is 0 Å². The molecule has 39 heavy (non-hydrogen) atoms. The van der Waals surface area contributed by atoms with Gasteiger partial charge < -0.3 is 15.4 Å². The molecule has 1 saturated heterocycles. The average Bonchev–Trinajstić information content (AvgIpc) is 3.24. The molecule has 0 radical (unpaired) electrons. The third kappa shape index (κ3) is 7.41. The quantitative estimate of drug-likeness (QED) is 0.160. The summed E-state index contributed by atoms with van der Waals surface area (Å²) in [5.41, 5.74) is 7.49. The van der Waals surface area contributed by atoms with Gasteiger partial charge in [-0.1, -0.05) is 42.1 Å². The lowest BCUT2D eigenvalue weighted by Gasteiger charge is -2.23. The number of hydrogen-bond acceptors (Lipinski definition) is 5. The van der Waals surface area contributed by atoms with Crippen molar-refractivity contribution in [1.82, 2.24) is 0 Å². The second kappa shape index (κ2) is 12.1. The van der Waals surface area contributed by atoms with Gasteiger partial charge in [0.1, 0.15) is 35.2 Å². The van der Waals surface area contributed by atoms with Gasteiger partial charge in [0.25, 0.3) is 0 Å². The number of aliphatic imine (C=N–C) groups is 2. The predicted octanol–water partition coefficient (Wildman–Crippen LogP) is 6.26. The van der Waals surface area contributed by atoms with Crippen LogP contribution in [0.4, 0.5) is 33.3 Å². The van der Waals surface area contributed by atoms with E-state index >= 15 is 0 Å². The van der Waals surface area contributed by atoms with E-state index in [1.165, 1.54) is 59.5 Å². The summed E-state index contributed by atoms with van der Waals surface area (Å²) >= 11 is 1.35. The van der Waals surface area contributed by atoms with Crippen molar-refractivity contribution in [2.24, 2.45) is 25.9 Å².